The predicted octanol–water partition coefficient (Wildman–Crippen LogP) is 0.0948. The average Bonchev–Trinajstić information content (AvgIpc) is 2.82. The number of hydrogen-bond donors (Lipinski definition) is 2. The van der Waals surface area contributed by atoms with Crippen molar-refractivity contribution in [3.63, 3.8) is 0 Å². The fourth-order valence-corrected chi connectivity index (χ4v) is 2.73. The van der Waals surface area contributed by atoms with Crippen LogP contribution in [0, 0.1) is 0 Å². The molecule has 1 unspecified atom stereocenters. The molecule has 2 fully saturated rings. The van der Waals surface area contributed by atoms with Gasteiger partial charge in [-0.15, -0.1) is 0 Å². The lowest BCUT2D eigenvalue weighted by Crippen LogP contribution is -2.59. The van der Waals surface area contributed by atoms with Crippen LogP contribution in [0.25, 0.3) is 0 Å². The van der Waals surface area contributed by atoms with Crippen LogP contribution in [0.4, 0.5) is 0 Å². The van der Waals surface area contributed by atoms with Crippen molar-refractivity contribution in [2.45, 2.75) is 44.2 Å². The summed E-state index contributed by atoms with van der Waals surface area (Å²) in [6.07, 6.45) is 3.79. The van der Waals surface area contributed by atoms with E-state index in [-0.39, 0.29) is 11.9 Å². The van der Waals surface area contributed by atoms with E-state index in [1.54, 1.807) is 0 Å². The van der Waals surface area contributed by atoms with Crippen molar-refractivity contribution in [2.75, 3.05) is 32.8 Å². The molecule has 0 saturated carbocycles. The largest absolute Gasteiger partial charge is 0.381 e. The van der Waals surface area contributed by atoms with Crippen molar-refractivity contribution in [1.29, 1.82) is 0 Å². The minimum Gasteiger partial charge on any atom is -0.381 e. The van der Waals surface area contributed by atoms with Crippen molar-refractivity contribution in [1.82, 2.24) is 10.2 Å². The summed E-state index contributed by atoms with van der Waals surface area (Å²) in [5, 5.41) is 3.06. The van der Waals surface area contributed by atoms with Gasteiger partial charge in [-0.2, -0.15) is 0 Å². The van der Waals surface area contributed by atoms with Gasteiger partial charge in [0.25, 0.3) is 0 Å². The maximum Gasteiger partial charge on any atom is 0.240 e. The average molecular weight is 255 g/mol. The molecule has 0 aromatic heterocycles. The third kappa shape index (κ3) is 3.43. The highest BCUT2D eigenvalue weighted by Gasteiger charge is 2.36. The van der Waals surface area contributed by atoms with Crippen LogP contribution in [0.1, 0.15) is 32.6 Å². The normalized spacial score (nSPS) is 25.9. The maximum absolute atomic E-state index is 12.2. The molecule has 104 valence electrons. The summed E-state index contributed by atoms with van der Waals surface area (Å²) < 4.78 is 5.26. The molecule has 0 aliphatic carbocycles. The Balaban J connectivity index is 1.78. The Hall–Kier alpha value is -0.650. The topological polar surface area (TPSA) is 67.6 Å². The maximum atomic E-state index is 12.2. The summed E-state index contributed by atoms with van der Waals surface area (Å²) in [5.74, 6) is -0.0162. The molecular weight excluding hydrogens is 230 g/mol. The Morgan fingerprint density at radius 1 is 1.39 bits per heavy atom. The molecule has 18 heavy (non-hydrogen) atoms. The number of carbonyl (C=O) groups excluding carboxylic acids is 1. The standard InChI is InChI=1S/C13H25N3O2/c1-11(10-16-6-2-3-7-16)15-12(17)13(14)4-8-18-9-5-13/h11H,2-10,14H2,1H3,(H,15,17). The van der Waals surface area contributed by atoms with Crippen molar-refractivity contribution < 1.29 is 9.53 Å². The molecule has 0 aromatic rings. The molecule has 0 spiro atoms. The third-order valence-electron chi connectivity index (χ3n) is 3.95. The minimum atomic E-state index is -0.725. The summed E-state index contributed by atoms with van der Waals surface area (Å²) >= 11 is 0. The lowest BCUT2D eigenvalue weighted by atomic mass is 9.90. The number of nitrogens with one attached hydrogen (secondary N) is 1. The molecule has 1 amide bonds. The zero-order valence-corrected chi connectivity index (χ0v) is 11.3. The van der Waals surface area contributed by atoms with Gasteiger partial charge in [-0.05, 0) is 45.7 Å². The van der Waals surface area contributed by atoms with Gasteiger partial charge in [-0.1, -0.05) is 0 Å². The van der Waals surface area contributed by atoms with E-state index in [1.807, 2.05) is 0 Å². The van der Waals surface area contributed by atoms with Crippen LogP contribution < -0.4 is 11.1 Å². The number of amides is 1. The Morgan fingerprint density at radius 3 is 2.61 bits per heavy atom. The third-order valence-corrected chi connectivity index (χ3v) is 3.95. The van der Waals surface area contributed by atoms with E-state index >= 15 is 0 Å². The Morgan fingerprint density at radius 2 is 2.00 bits per heavy atom. The Labute approximate surface area is 109 Å². The Bertz CT molecular complexity index is 284. The second kappa shape index (κ2) is 5.99. The first-order chi connectivity index (χ1) is 8.60. The zero-order chi connectivity index (χ0) is 13.0. The van der Waals surface area contributed by atoms with E-state index in [0.29, 0.717) is 26.1 Å². The number of likely N-dealkylation sites (tertiary alicyclic amines) is 1. The van der Waals surface area contributed by atoms with Gasteiger partial charge in [0.1, 0.15) is 0 Å². The van der Waals surface area contributed by atoms with E-state index in [1.165, 1.54) is 12.8 Å². The first-order valence-corrected chi connectivity index (χ1v) is 7.00. The summed E-state index contributed by atoms with van der Waals surface area (Å²) in [5.41, 5.74) is 5.43. The van der Waals surface area contributed by atoms with Crippen molar-refractivity contribution >= 4 is 5.91 Å². The number of nitrogens with zero attached hydrogens (tertiary/aromatic N) is 1. The minimum absolute atomic E-state index is 0.0162. The summed E-state index contributed by atoms with van der Waals surface area (Å²) in [6.45, 7) is 6.47. The molecule has 0 bridgehead atoms. The summed E-state index contributed by atoms with van der Waals surface area (Å²) in [4.78, 5) is 14.6. The van der Waals surface area contributed by atoms with Gasteiger partial charge in [-0.25, -0.2) is 0 Å². The van der Waals surface area contributed by atoms with Crippen LogP contribution in [0.2, 0.25) is 0 Å². The highest BCUT2D eigenvalue weighted by molar-refractivity contribution is 5.86. The van der Waals surface area contributed by atoms with E-state index in [9.17, 15) is 4.79 Å². The first kappa shape index (κ1) is 13.8. The molecule has 5 heteroatoms. The van der Waals surface area contributed by atoms with Crippen molar-refractivity contribution in [3.8, 4) is 0 Å². The van der Waals surface area contributed by atoms with Gasteiger partial charge in [0.05, 0.1) is 5.54 Å². The fourth-order valence-electron chi connectivity index (χ4n) is 2.73. The number of carbonyl (C=O) groups is 1. The predicted molar refractivity (Wildman–Crippen MR) is 70.3 cm³/mol. The van der Waals surface area contributed by atoms with Crippen molar-refractivity contribution in [2.24, 2.45) is 5.73 Å². The smallest absolute Gasteiger partial charge is 0.240 e. The summed E-state index contributed by atoms with van der Waals surface area (Å²) in [7, 11) is 0. The van der Waals surface area contributed by atoms with Crippen LogP contribution in [0.3, 0.4) is 0 Å². The molecular formula is C13H25N3O2. The van der Waals surface area contributed by atoms with E-state index in [0.717, 1.165) is 19.6 Å². The number of hydrogen-bond acceptors (Lipinski definition) is 4. The van der Waals surface area contributed by atoms with E-state index in [4.69, 9.17) is 10.5 Å². The molecule has 2 rings (SSSR count). The van der Waals surface area contributed by atoms with Crippen molar-refractivity contribution in [3.05, 3.63) is 0 Å². The van der Waals surface area contributed by atoms with E-state index < -0.39 is 5.54 Å². The number of nitrogens with two attached hydrogens (primary N) is 1. The molecule has 1 atom stereocenters. The quantitative estimate of drug-likeness (QED) is 0.747. The van der Waals surface area contributed by atoms with Gasteiger partial charge < -0.3 is 20.7 Å². The molecule has 2 aliphatic rings. The molecule has 0 aromatic carbocycles. The molecule has 2 saturated heterocycles. The molecule has 0 radical (unpaired) electrons. The molecule has 5 nitrogen and oxygen atoms in total. The van der Waals surface area contributed by atoms with Gasteiger partial charge >= 0.3 is 0 Å². The first-order valence-electron chi connectivity index (χ1n) is 7.00. The molecule has 2 heterocycles. The van der Waals surface area contributed by atoms with Crippen LogP contribution in [0.5, 0.6) is 0 Å². The number of ether oxygens (including phenoxy) is 1. The Kier molecular flexibility index (Phi) is 4.59. The zero-order valence-electron chi connectivity index (χ0n) is 11.3. The SMILES string of the molecule is CC(CN1CCCC1)NC(=O)C1(N)CCOCC1. The lowest BCUT2D eigenvalue weighted by Gasteiger charge is -2.33. The lowest BCUT2D eigenvalue weighted by molar-refractivity contribution is -0.130. The van der Waals surface area contributed by atoms with Gasteiger partial charge in [0, 0.05) is 25.8 Å². The number of rotatable bonds is 4. The monoisotopic (exact) mass is 255 g/mol. The van der Waals surface area contributed by atoms with E-state index in [2.05, 4.69) is 17.1 Å². The van der Waals surface area contributed by atoms with Crippen LogP contribution >= 0.6 is 0 Å². The summed E-state index contributed by atoms with van der Waals surface area (Å²) in [6, 6.07) is 0.166. The second-order valence-corrected chi connectivity index (χ2v) is 5.65. The molecule has 2 aliphatic heterocycles. The highest BCUT2D eigenvalue weighted by Crippen LogP contribution is 2.18. The van der Waals surface area contributed by atoms with Crippen LogP contribution in [-0.4, -0.2) is 55.2 Å². The van der Waals surface area contributed by atoms with Gasteiger partial charge in [0.15, 0.2) is 0 Å². The second-order valence-electron chi connectivity index (χ2n) is 5.65. The van der Waals surface area contributed by atoms with Gasteiger partial charge in [-0.3, -0.25) is 4.79 Å². The highest BCUT2D eigenvalue weighted by atomic mass is 16.5. The fraction of sp³-hybridized carbons (Fsp3) is 0.923. The molecule has 3 N–H and O–H groups in total. The van der Waals surface area contributed by atoms with Gasteiger partial charge in [0.2, 0.25) is 5.91 Å². The van der Waals surface area contributed by atoms with Crippen LogP contribution in [-0.2, 0) is 9.53 Å². The van der Waals surface area contributed by atoms with Crippen LogP contribution in [0.15, 0.2) is 0 Å².